The molecule has 4 nitrogen and oxygen atoms in total. The fraction of sp³-hybridized carbons (Fsp3) is 0.300. The summed E-state index contributed by atoms with van der Waals surface area (Å²) in [5, 5.41) is 0.479. The molecular weight excluding hydrogens is 300 g/mol. The molecule has 124 valence electrons. The molecular formula is C20H22N2O2. The Labute approximate surface area is 141 Å². The first-order valence-electron chi connectivity index (χ1n) is 7.99. The number of nitrogens with one attached hydrogen (secondary N) is 1. The topological polar surface area (TPSA) is 55.0 Å². The molecule has 0 saturated heterocycles. The van der Waals surface area contributed by atoms with Crippen molar-refractivity contribution >= 4 is 10.9 Å². The van der Waals surface area contributed by atoms with E-state index in [1.165, 1.54) is 12.7 Å². The zero-order chi connectivity index (χ0) is 17.5. The van der Waals surface area contributed by atoms with Gasteiger partial charge in [-0.15, -0.1) is 0 Å². The second-order valence-electron chi connectivity index (χ2n) is 7.07. The molecule has 0 saturated carbocycles. The van der Waals surface area contributed by atoms with Crippen LogP contribution >= 0.6 is 0 Å². The third kappa shape index (κ3) is 2.80. The molecule has 0 unspecified atom stereocenters. The van der Waals surface area contributed by atoms with Crippen LogP contribution in [0.15, 0.2) is 41.3 Å². The van der Waals surface area contributed by atoms with Gasteiger partial charge in [0, 0.05) is 23.5 Å². The zero-order valence-corrected chi connectivity index (χ0v) is 14.7. The number of hydrogen-bond donors (Lipinski definition) is 1. The molecule has 0 bridgehead atoms. The number of ether oxygens (including phenoxy) is 1. The number of aryl methyl sites for hydroxylation is 1. The van der Waals surface area contributed by atoms with Gasteiger partial charge in [-0.1, -0.05) is 39.0 Å². The molecule has 1 aromatic carbocycles. The van der Waals surface area contributed by atoms with Crippen LogP contribution < -0.4 is 10.2 Å². The normalized spacial score (nSPS) is 11.7. The number of rotatable bonds is 2. The summed E-state index contributed by atoms with van der Waals surface area (Å²) in [7, 11) is 1.52. The standard InChI is InChI=1S/C20H22N2O2/c1-12-10-13(20(2,3)4)6-7-14(12)16-11-17(23)18-15(22-16)8-9-21-19(18)24-5/h6-11H,1-5H3,(H,22,23). The van der Waals surface area contributed by atoms with E-state index in [-0.39, 0.29) is 10.8 Å². The number of aromatic nitrogens is 2. The minimum atomic E-state index is -0.0944. The highest BCUT2D eigenvalue weighted by Gasteiger charge is 2.16. The van der Waals surface area contributed by atoms with Gasteiger partial charge >= 0.3 is 0 Å². The van der Waals surface area contributed by atoms with Crippen molar-refractivity contribution in [1.82, 2.24) is 9.97 Å². The van der Waals surface area contributed by atoms with Gasteiger partial charge in [0.25, 0.3) is 0 Å². The smallest absolute Gasteiger partial charge is 0.226 e. The van der Waals surface area contributed by atoms with E-state index in [9.17, 15) is 4.79 Å². The van der Waals surface area contributed by atoms with E-state index in [0.29, 0.717) is 11.3 Å². The minimum absolute atomic E-state index is 0.0944. The van der Waals surface area contributed by atoms with Crippen molar-refractivity contribution < 1.29 is 4.74 Å². The van der Waals surface area contributed by atoms with Gasteiger partial charge in [-0.05, 0) is 29.5 Å². The van der Waals surface area contributed by atoms with Gasteiger partial charge in [0.05, 0.1) is 12.6 Å². The predicted octanol–water partition coefficient (Wildman–Crippen LogP) is 4.20. The maximum atomic E-state index is 12.6. The van der Waals surface area contributed by atoms with E-state index in [1.807, 2.05) is 0 Å². The van der Waals surface area contributed by atoms with E-state index < -0.39 is 0 Å². The van der Waals surface area contributed by atoms with Gasteiger partial charge in [-0.25, -0.2) is 4.98 Å². The molecule has 0 aliphatic rings. The lowest BCUT2D eigenvalue weighted by molar-refractivity contribution is 0.403. The zero-order valence-electron chi connectivity index (χ0n) is 14.7. The monoisotopic (exact) mass is 322 g/mol. The molecule has 2 heterocycles. The molecule has 3 aromatic rings. The Bertz CT molecular complexity index is 966. The maximum Gasteiger partial charge on any atom is 0.226 e. The Hall–Kier alpha value is -2.62. The second-order valence-corrected chi connectivity index (χ2v) is 7.07. The molecule has 24 heavy (non-hydrogen) atoms. The van der Waals surface area contributed by atoms with Crippen LogP contribution in [0.2, 0.25) is 0 Å². The van der Waals surface area contributed by atoms with Crippen LogP contribution in [0.25, 0.3) is 22.2 Å². The van der Waals surface area contributed by atoms with Crippen molar-refractivity contribution in [1.29, 1.82) is 0 Å². The van der Waals surface area contributed by atoms with Gasteiger partial charge in [0.15, 0.2) is 5.43 Å². The number of nitrogens with zero attached hydrogens (tertiary/aromatic N) is 1. The third-order valence-electron chi connectivity index (χ3n) is 4.28. The molecule has 3 rings (SSSR count). The SMILES string of the molecule is COc1nccc2[nH]c(-c3ccc(C(C)(C)C)cc3C)cc(=O)c12. The largest absolute Gasteiger partial charge is 0.480 e. The van der Waals surface area contributed by atoms with Crippen molar-refractivity contribution in [3.63, 3.8) is 0 Å². The summed E-state index contributed by atoms with van der Waals surface area (Å²) in [6.45, 7) is 8.65. The average molecular weight is 322 g/mol. The van der Waals surface area contributed by atoms with Crippen molar-refractivity contribution in [2.45, 2.75) is 33.1 Å². The van der Waals surface area contributed by atoms with Gasteiger partial charge in [-0.3, -0.25) is 4.79 Å². The highest BCUT2D eigenvalue weighted by molar-refractivity contribution is 5.85. The average Bonchev–Trinajstić information content (AvgIpc) is 2.53. The Morgan fingerprint density at radius 3 is 2.50 bits per heavy atom. The van der Waals surface area contributed by atoms with Crippen molar-refractivity contribution in [3.8, 4) is 17.1 Å². The summed E-state index contributed by atoms with van der Waals surface area (Å²) >= 11 is 0. The lowest BCUT2D eigenvalue weighted by Gasteiger charge is -2.20. The lowest BCUT2D eigenvalue weighted by atomic mass is 9.85. The Kier molecular flexibility index (Phi) is 3.91. The minimum Gasteiger partial charge on any atom is -0.480 e. The van der Waals surface area contributed by atoms with Crippen LogP contribution in [0, 0.1) is 6.92 Å². The predicted molar refractivity (Wildman–Crippen MR) is 97.8 cm³/mol. The first kappa shape index (κ1) is 16.2. The summed E-state index contributed by atoms with van der Waals surface area (Å²) < 4.78 is 5.20. The number of benzene rings is 1. The molecule has 0 radical (unpaired) electrons. The van der Waals surface area contributed by atoms with Crippen LogP contribution in [-0.2, 0) is 5.41 Å². The van der Waals surface area contributed by atoms with Crippen LogP contribution in [-0.4, -0.2) is 17.1 Å². The lowest BCUT2D eigenvalue weighted by Crippen LogP contribution is -2.11. The number of methoxy groups -OCH3 is 1. The number of hydrogen-bond acceptors (Lipinski definition) is 3. The first-order chi connectivity index (χ1) is 11.3. The number of aromatic amines is 1. The van der Waals surface area contributed by atoms with E-state index in [2.05, 4.69) is 55.9 Å². The van der Waals surface area contributed by atoms with Gasteiger partial charge in [0.2, 0.25) is 5.88 Å². The molecule has 0 spiro atoms. The molecule has 0 amide bonds. The summed E-state index contributed by atoms with van der Waals surface area (Å²) in [5.41, 5.74) is 4.97. The van der Waals surface area contributed by atoms with Crippen LogP contribution in [0.4, 0.5) is 0 Å². The quantitative estimate of drug-likeness (QED) is 0.769. The van der Waals surface area contributed by atoms with Gasteiger partial charge in [0.1, 0.15) is 5.39 Å². The molecule has 0 atom stereocenters. The van der Waals surface area contributed by atoms with E-state index >= 15 is 0 Å². The Morgan fingerprint density at radius 1 is 1.12 bits per heavy atom. The van der Waals surface area contributed by atoms with E-state index in [4.69, 9.17) is 4.74 Å². The summed E-state index contributed by atoms with van der Waals surface area (Å²) in [4.78, 5) is 20.0. The second kappa shape index (κ2) is 5.78. The summed E-state index contributed by atoms with van der Waals surface area (Å²) in [6.07, 6.45) is 1.64. The van der Waals surface area contributed by atoms with Crippen LogP contribution in [0.5, 0.6) is 5.88 Å². The summed E-state index contributed by atoms with van der Waals surface area (Å²) in [5.74, 6) is 0.347. The van der Waals surface area contributed by atoms with Crippen molar-refractivity contribution in [2.24, 2.45) is 0 Å². The Balaban J connectivity index is 2.19. The summed E-state index contributed by atoms with van der Waals surface area (Å²) in [6, 6.07) is 9.79. The fourth-order valence-electron chi connectivity index (χ4n) is 2.90. The van der Waals surface area contributed by atoms with Crippen molar-refractivity contribution in [3.05, 3.63) is 57.9 Å². The molecule has 0 aliphatic heterocycles. The molecule has 4 heteroatoms. The third-order valence-corrected chi connectivity index (χ3v) is 4.28. The van der Waals surface area contributed by atoms with Crippen LogP contribution in [0.3, 0.4) is 0 Å². The number of H-pyrrole nitrogens is 1. The number of pyridine rings is 2. The fourth-order valence-corrected chi connectivity index (χ4v) is 2.90. The molecule has 2 aromatic heterocycles. The van der Waals surface area contributed by atoms with Crippen molar-refractivity contribution in [2.75, 3.05) is 7.11 Å². The highest BCUT2D eigenvalue weighted by Crippen LogP contribution is 2.29. The molecule has 1 N–H and O–H groups in total. The Morgan fingerprint density at radius 2 is 1.88 bits per heavy atom. The number of fused-ring (bicyclic) bond motifs is 1. The van der Waals surface area contributed by atoms with Crippen LogP contribution in [0.1, 0.15) is 31.9 Å². The van der Waals surface area contributed by atoms with E-state index in [0.717, 1.165) is 22.3 Å². The van der Waals surface area contributed by atoms with E-state index in [1.54, 1.807) is 18.3 Å². The highest BCUT2D eigenvalue weighted by atomic mass is 16.5. The first-order valence-corrected chi connectivity index (χ1v) is 7.99. The molecule has 0 aliphatic carbocycles. The van der Waals surface area contributed by atoms with Gasteiger partial charge in [-0.2, -0.15) is 0 Å². The van der Waals surface area contributed by atoms with Gasteiger partial charge < -0.3 is 9.72 Å². The maximum absolute atomic E-state index is 12.6. The molecule has 0 fully saturated rings.